The van der Waals surface area contributed by atoms with Gasteiger partial charge in [0.05, 0.1) is 5.92 Å². The highest BCUT2D eigenvalue weighted by Crippen LogP contribution is 2.25. The third-order valence-corrected chi connectivity index (χ3v) is 2.36. The van der Waals surface area contributed by atoms with Crippen LogP contribution in [0.2, 0.25) is 5.02 Å². The van der Waals surface area contributed by atoms with Gasteiger partial charge in [0, 0.05) is 10.9 Å². The smallest absolute Gasteiger partial charge is 0.128 e. The number of halogens is 3. The Labute approximate surface area is 85.5 Å². The van der Waals surface area contributed by atoms with Crippen LogP contribution in [-0.2, 0) is 4.79 Å². The van der Waals surface area contributed by atoms with Gasteiger partial charge in [-0.2, -0.15) is 0 Å². The molecule has 0 aliphatic rings. The third kappa shape index (κ3) is 2.42. The van der Waals surface area contributed by atoms with E-state index in [9.17, 15) is 9.18 Å². The van der Waals surface area contributed by atoms with Gasteiger partial charge in [-0.3, -0.25) is 0 Å². The van der Waals surface area contributed by atoms with Gasteiger partial charge in [-0.15, -0.1) is 11.6 Å². The summed E-state index contributed by atoms with van der Waals surface area (Å²) in [6, 6.07) is 3.88. The third-order valence-electron chi connectivity index (χ3n) is 1.69. The Morgan fingerprint density at radius 1 is 1.54 bits per heavy atom. The molecule has 1 aromatic carbocycles. The van der Waals surface area contributed by atoms with Gasteiger partial charge in [-0.05, 0) is 23.8 Å². The van der Waals surface area contributed by atoms with Gasteiger partial charge in [0.25, 0.3) is 0 Å². The molecule has 0 saturated heterocycles. The molecule has 0 aliphatic carbocycles. The summed E-state index contributed by atoms with van der Waals surface area (Å²) in [5, 5.41) is 0.360. The van der Waals surface area contributed by atoms with Crippen LogP contribution < -0.4 is 0 Å². The number of hydrogen-bond acceptors (Lipinski definition) is 1. The van der Waals surface area contributed by atoms with Crippen LogP contribution in [0, 0.1) is 5.82 Å². The van der Waals surface area contributed by atoms with Crippen molar-refractivity contribution < 1.29 is 9.18 Å². The topological polar surface area (TPSA) is 17.1 Å². The molecule has 0 N–H and O–H groups in total. The molecule has 13 heavy (non-hydrogen) atoms. The molecule has 0 heterocycles. The summed E-state index contributed by atoms with van der Waals surface area (Å²) in [6.45, 7) is 0. The van der Waals surface area contributed by atoms with Crippen LogP contribution in [0.3, 0.4) is 0 Å². The monoisotopic (exact) mass is 220 g/mol. The number of alkyl halides is 1. The number of carbonyl (C=O) groups excluding carboxylic acids is 1. The number of hydrogen-bond donors (Lipinski definition) is 0. The highest BCUT2D eigenvalue weighted by Gasteiger charge is 2.13. The maximum Gasteiger partial charge on any atom is 0.128 e. The molecular weight excluding hydrogens is 214 g/mol. The standard InChI is InChI=1S/C9H7Cl2FO/c10-4-6(5-13)8-3-7(12)1-2-9(8)11/h1-3,5-6H,4H2. The van der Waals surface area contributed by atoms with Gasteiger partial charge >= 0.3 is 0 Å². The Balaban J connectivity index is 3.10. The van der Waals surface area contributed by atoms with Crippen LogP contribution in [0.1, 0.15) is 11.5 Å². The SMILES string of the molecule is O=CC(CCl)c1cc(F)ccc1Cl. The fraction of sp³-hybridized carbons (Fsp3) is 0.222. The Kier molecular flexibility index (Phi) is 3.70. The first-order valence-corrected chi connectivity index (χ1v) is 4.56. The van der Waals surface area contributed by atoms with Crippen LogP contribution in [0.15, 0.2) is 18.2 Å². The molecule has 0 radical (unpaired) electrons. The van der Waals surface area contributed by atoms with Crippen molar-refractivity contribution in [3.63, 3.8) is 0 Å². The molecular formula is C9H7Cl2FO. The lowest BCUT2D eigenvalue weighted by Crippen LogP contribution is -2.02. The molecule has 1 atom stereocenters. The fourth-order valence-electron chi connectivity index (χ4n) is 0.992. The molecule has 0 aromatic heterocycles. The van der Waals surface area contributed by atoms with Crippen LogP contribution in [0.25, 0.3) is 0 Å². The summed E-state index contributed by atoms with van der Waals surface area (Å²) in [6.07, 6.45) is 0.660. The van der Waals surface area contributed by atoms with E-state index in [-0.39, 0.29) is 5.88 Å². The number of benzene rings is 1. The number of aldehydes is 1. The van der Waals surface area contributed by atoms with E-state index in [2.05, 4.69) is 0 Å². The zero-order valence-corrected chi connectivity index (χ0v) is 8.15. The first-order chi connectivity index (χ1) is 6.19. The summed E-state index contributed by atoms with van der Waals surface area (Å²) in [5.41, 5.74) is 0.437. The Morgan fingerprint density at radius 2 is 2.23 bits per heavy atom. The quantitative estimate of drug-likeness (QED) is 0.566. The second kappa shape index (κ2) is 4.58. The maximum absolute atomic E-state index is 12.8. The molecule has 70 valence electrons. The van der Waals surface area contributed by atoms with Crippen molar-refractivity contribution in [3.05, 3.63) is 34.6 Å². The second-order valence-electron chi connectivity index (χ2n) is 2.56. The highest BCUT2D eigenvalue weighted by molar-refractivity contribution is 6.31. The first-order valence-electron chi connectivity index (χ1n) is 3.65. The van der Waals surface area contributed by atoms with E-state index in [1.54, 1.807) is 0 Å². The molecule has 0 spiro atoms. The summed E-state index contributed by atoms with van der Waals surface area (Å²) < 4.78 is 12.8. The first kappa shape index (κ1) is 10.5. The molecule has 0 fully saturated rings. The zero-order chi connectivity index (χ0) is 9.84. The molecule has 0 bridgehead atoms. The van der Waals surface area contributed by atoms with Gasteiger partial charge in [0.1, 0.15) is 12.1 Å². The average molecular weight is 221 g/mol. The van der Waals surface area contributed by atoms with Crippen molar-refractivity contribution in [2.45, 2.75) is 5.92 Å². The molecule has 0 aliphatic heterocycles. The maximum atomic E-state index is 12.8. The normalized spacial score (nSPS) is 12.5. The number of rotatable bonds is 3. The Bertz CT molecular complexity index is 314. The van der Waals surface area contributed by atoms with Crippen molar-refractivity contribution >= 4 is 29.5 Å². The minimum Gasteiger partial charge on any atom is -0.303 e. The Hall–Kier alpha value is -0.600. The lowest BCUT2D eigenvalue weighted by molar-refractivity contribution is -0.108. The van der Waals surface area contributed by atoms with E-state index in [4.69, 9.17) is 23.2 Å². The van der Waals surface area contributed by atoms with Crippen molar-refractivity contribution in [1.29, 1.82) is 0 Å². The molecule has 0 amide bonds. The number of carbonyl (C=O) groups is 1. The van der Waals surface area contributed by atoms with Gasteiger partial charge in [0.15, 0.2) is 0 Å². The van der Waals surface area contributed by atoms with Crippen molar-refractivity contribution in [1.82, 2.24) is 0 Å². The predicted molar refractivity (Wildman–Crippen MR) is 50.9 cm³/mol. The lowest BCUT2D eigenvalue weighted by Gasteiger charge is -2.08. The van der Waals surface area contributed by atoms with Crippen LogP contribution in [0.4, 0.5) is 4.39 Å². The predicted octanol–water partition coefficient (Wildman–Crippen LogP) is 3.00. The molecule has 1 unspecified atom stereocenters. The van der Waals surface area contributed by atoms with Crippen molar-refractivity contribution in [2.24, 2.45) is 0 Å². The molecule has 1 rings (SSSR count). The summed E-state index contributed by atoms with van der Waals surface area (Å²) in [4.78, 5) is 10.5. The van der Waals surface area contributed by atoms with E-state index in [0.717, 1.165) is 0 Å². The highest BCUT2D eigenvalue weighted by atomic mass is 35.5. The molecule has 4 heteroatoms. The fourth-order valence-corrected chi connectivity index (χ4v) is 1.49. The zero-order valence-electron chi connectivity index (χ0n) is 6.64. The largest absolute Gasteiger partial charge is 0.303 e. The summed E-state index contributed by atoms with van der Waals surface area (Å²) in [5.74, 6) is -0.853. The molecule has 1 nitrogen and oxygen atoms in total. The van der Waals surface area contributed by atoms with E-state index in [1.807, 2.05) is 0 Å². The minimum atomic E-state index is -0.537. The van der Waals surface area contributed by atoms with Crippen molar-refractivity contribution in [2.75, 3.05) is 5.88 Å². The van der Waals surface area contributed by atoms with Crippen molar-refractivity contribution in [3.8, 4) is 0 Å². The summed E-state index contributed by atoms with van der Waals surface area (Å²) >= 11 is 11.3. The van der Waals surface area contributed by atoms with Crippen LogP contribution in [0.5, 0.6) is 0 Å². The summed E-state index contributed by atoms with van der Waals surface area (Å²) in [7, 11) is 0. The van der Waals surface area contributed by atoms with Gasteiger partial charge < -0.3 is 4.79 Å². The second-order valence-corrected chi connectivity index (χ2v) is 3.28. The van der Waals surface area contributed by atoms with E-state index >= 15 is 0 Å². The van der Waals surface area contributed by atoms with Crippen LogP contribution >= 0.6 is 23.2 Å². The molecule has 1 aromatic rings. The minimum absolute atomic E-state index is 0.104. The van der Waals surface area contributed by atoms with E-state index in [1.165, 1.54) is 18.2 Å². The van der Waals surface area contributed by atoms with E-state index < -0.39 is 11.7 Å². The molecule has 0 saturated carbocycles. The van der Waals surface area contributed by atoms with Gasteiger partial charge in [-0.25, -0.2) is 4.39 Å². The van der Waals surface area contributed by atoms with E-state index in [0.29, 0.717) is 16.9 Å². The van der Waals surface area contributed by atoms with Crippen LogP contribution in [-0.4, -0.2) is 12.2 Å². The Morgan fingerprint density at radius 3 is 2.77 bits per heavy atom. The lowest BCUT2D eigenvalue weighted by atomic mass is 10.0. The average Bonchev–Trinajstić information content (AvgIpc) is 2.13. The van der Waals surface area contributed by atoms with Gasteiger partial charge in [-0.1, -0.05) is 11.6 Å². The van der Waals surface area contributed by atoms with Gasteiger partial charge in [0.2, 0.25) is 0 Å².